The highest BCUT2D eigenvalue weighted by Gasteiger charge is 2.27. The number of hydrogen-bond donors (Lipinski definition) is 0. The van der Waals surface area contributed by atoms with Crippen molar-refractivity contribution in [2.24, 2.45) is 0 Å². The van der Waals surface area contributed by atoms with E-state index in [9.17, 15) is 5.26 Å². The number of fused-ring (bicyclic) bond motifs is 6. The van der Waals surface area contributed by atoms with Crippen LogP contribution in [-0.4, -0.2) is 14.1 Å². The van der Waals surface area contributed by atoms with E-state index < -0.39 is 0 Å². The lowest BCUT2D eigenvalue weighted by Gasteiger charge is -2.22. The van der Waals surface area contributed by atoms with Crippen molar-refractivity contribution in [1.82, 2.24) is 14.1 Å². The molecule has 3 aromatic heterocycles. The minimum Gasteiger partial charge on any atom is -0.307 e. The zero-order chi connectivity index (χ0) is 48.1. The van der Waals surface area contributed by atoms with Gasteiger partial charge in [-0.1, -0.05) is 168 Å². The van der Waals surface area contributed by atoms with Gasteiger partial charge in [-0.15, -0.1) is 0 Å². The lowest BCUT2D eigenvalue weighted by atomic mass is 9.85. The fourth-order valence-electron chi connectivity index (χ4n) is 9.90. The summed E-state index contributed by atoms with van der Waals surface area (Å²) >= 11 is 0. The average Bonchev–Trinajstić information content (AvgIpc) is 3.81. The molecule has 0 unspecified atom stereocenters. The molecule has 0 amide bonds. The van der Waals surface area contributed by atoms with E-state index in [0.717, 1.165) is 67.1 Å². The molecule has 68 heavy (non-hydrogen) atoms. The minimum absolute atomic E-state index is 0.0480. The maximum Gasteiger partial charge on any atom is 0.0998 e. The van der Waals surface area contributed by atoms with E-state index in [1.54, 1.807) is 0 Å². The summed E-state index contributed by atoms with van der Waals surface area (Å²) in [7, 11) is 0. The van der Waals surface area contributed by atoms with Gasteiger partial charge in [0.25, 0.3) is 0 Å². The highest BCUT2D eigenvalue weighted by Crippen LogP contribution is 2.45. The monoisotopic (exact) mass is 886 g/mol. The van der Waals surface area contributed by atoms with Crippen molar-refractivity contribution in [3.8, 4) is 51.1 Å². The molecule has 0 bridgehead atoms. The Labute approximate surface area is 402 Å². The summed E-state index contributed by atoms with van der Waals surface area (Å²) in [6, 6.07) is 60.2. The highest BCUT2D eigenvalue weighted by atomic mass is 15.1. The Hall–Kier alpha value is -7.22. The van der Waals surface area contributed by atoms with Crippen LogP contribution in [0.15, 0.2) is 158 Å². The van der Waals surface area contributed by atoms with Gasteiger partial charge >= 0.3 is 0 Å². The summed E-state index contributed by atoms with van der Waals surface area (Å²) in [4.78, 5) is 5.25. The van der Waals surface area contributed by atoms with Gasteiger partial charge in [-0.05, 0) is 122 Å². The molecule has 0 fully saturated rings. The van der Waals surface area contributed by atoms with Gasteiger partial charge in [0.2, 0.25) is 0 Å². The second-order valence-corrected chi connectivity index (χ2v) is 23.0. The van der Waals surface area contributed by atoms with E-state index in [-0.39, 0.29) is 21.7 Å². The summed E-state index contributed by atoms with van der Waals surface area (Å²) in [5, 5.41) is 16.3. The Bertz CT molecular complexity index is 3440. The Morgan fingerprint density at radius 1 is 0.368 bits per heavy atom. The third-order valence-corrected chi connectivity index (χ3v) is 14.0. The van der Waals surface area contributed by atoms with Crippen molar-refractivity contribution < 1.29 is 0 Å². The smallest absolute Gasteiger partial charge is 0.0998 e. The van der Waals surface area contributed by atoms with Crippen LogP contribution >= 0.6 is 0 Å². The predicted molar refractivity (Wildman–Crippen MR) is 289 cm³/mol. The van der Waals surface area contributed by atoms with E-state index >= 15 is 0 Å². The van der Waals surface area contributed by atoms with Crippen LogP contribution in [0.3, 0.4) is 0 Å². The fourth-order valence-corrected chi connectivity index (χ4v) is 9.90. The number of rotatable bonds is 5. The largest absolute Gasteiger partial charge is 0.307 e. The van der Waals surface area contributed by atoms with Crippen molar-refractivity contribution >= 4 is 43.6 Å². The number of benzene rings is 7. The minimum atomic E-state index is -0.0495. The summed E-state index contributed by atoms with van der Waals surface area (Å²) in [6.45, 7) is 27.5. The van der Waals surface area contributed by atoms with Crippen LogP contribution in [0.1, 0.15) is 111 Å². The number of nitriles is 1. The van der Waals surface area contributed by atoms with Crippen LogP contribution in [0.5, 0.6) is 0 Å². The van der Waals surface area contributed by atoms with Crippen LogP contribution in [0.2, 0.25) is 0 Å². The van der Waals surface area contributed by atoms with Crippen molar-refractivity contribution in [3.63, 3.8) is 0 Å². The second kappa shape index (κ2) is 16.0. The molecule has 10 aromatic rings. The SMILES string of the molecule is CC(C)(C)c1ccc2c(c1)c1cc(C(C)(C)C)ccc1n2-c1cc(C#N)c(-c2cc(-c3ccccc3)nc(-c3ccccc3)c2)cc1-n1c2ccc(C(C)(C)C)cc2c2cc(C(C)(C)C)ccc21. The molecule has 338 valence electrons. The topological polar surface area (TPSA) is 46.5 Å². The van der Waals surface area contributed by atoms with E-state index in [2.05, 4.69) is 244 Å². The third-order valence-electron chi connectivity index (χ3n) is 14.0. The Kier molecular flexibility index (Phi) is 10.5. The Morgan fingerprint density at radius 2 is 0.691 bits per heavy atom. The lowest BCUT2D eigenvalue weighted by Crippen LogP contribution is -2.11. The van der Waals surface area contributed by atoms with Crippen LogP contribution in [0.4, 0.5) is 0 Å². The molecular formula is C64H62N4. The first-order valence-corrected chi connectivity index (χ1v) is 24.1. The number of nitrogens with zero attached hydrogens (tertiary/aromatic N) is 4. The highest BCUT2D eigenvalue weighted by molar-refractivity contribution is 6.12. The molecule has 3 heterocycles. The molecule has 7 aromatic carbocycles. The van der Waals surface area contributed by atoms with Gasteiger partial charge in [0, 0.05) is 38.2 Å². The van der Waals surface area contributed by atoms with Gasteiger partial charge in [0.15, 0.2) is 0 Å². The normalized spacial score (nSPS) is 12.7. The lowest BCUT2D eigenvalue weighted by molar-refractivity contribution is 0.590. The number of hydrogen-bond acceptors (Lipinski definition) is 2. The van der Waals surface area contributed by atoms with Crippen LogP contribution in [0, 0.1) is 11.3 Å². The standard InChI is InChI=1S/C64H62N4/c1-61(2,3)44-23-27-55-49(34-44)50-35-45(62(4,5)6)24-28-56(50)67(55)59-33-43(39-65)48(42-31-53(40-19-15-13-16-20-40)66-54(32-42)41-21-17-14-18-22-41)38-60(59)68-57-29-25-46(63(7,8)9)36-51(57)52-37-47(64(10,11)12)26-30-58(52)68/h13-38H,1-12H3. The summed E-state index contributed by atoms with van der Waals surface area (Å²) < 4.78 is 4.89. The van der Waals surface area contributed by atoms with Gasteiger partial charge in [-0.2, -0.15) is 5.26 Å². The molecule has 0 aliphatic carbocycles. The fraction of sp³-hybridized carbons (Fsp3) is 0.250. The molecule has 4 heteroatoms. The molecule has 4 nitrogen and oxygen atoms in total. The van der Waals surface area contributed by atoms with Gasteiger partial charge in [0.1, 0.15) is 0 Å². The summed E-state index contributed by atoms with van der Waals surface area (Å²) in [5.41, 5.74) is 17.4. The first-order chi connectivity index (χ1) is 32.2. The molecule has 0 saturated carbocycles. The molecule has 0 aliphatic rings. The van der Waals surface area contributed by atoms with E-state index in [1.165, 1.54) is 43.8 Å². The summed E-state index contributed by atoms with van der Waals surface area (Å²) in [5.74, 6) is 0. The predicted octanol–water partition coefficient (Wildman–Crippen LogP) is 17.3. The Balaban J connectivity index is 1.38. The zero-order valence-corrected chi connectivity index (χ0v) is 41.8. The Morgan fingerprint density at radius 3 is 1.00 bits per heavy atom. The zero-order valence-electron chi connectivity index (χ0n) is 41.8. The van der Waals surface area contributed by atoms with Crippen molar-refractivity contribution in [2.75, 3.05) is 0 Å². The van der Waals surface area contributed by atoms with E-state index in [1.807, 2.05) is 12.1 Å². The molecule has 0 saturated heterocycles. The van der Waals surface area contributed by atoms with Crippen molar-refractivity contribution in [1.29, 1.82) is 5.26 Å². The van der Waals surface area contributed by atoms with Gasteiger partial charge in [-0.25, -0.2) is 4.98 Å². The maximum absolute atomic E-state index is 11.4. The van der Waals surface area contributed by atoms with Crippen LogP contribution in [-0.2, 0) is 21.7 Å². The molecule has 10 rings (SSSR count). The molecule has 0 atom stereocenters. The van der Waals surface area contributed by atoms with Gasteiger partial charge < -0.3 is 9.13 Å². The maximum atomic E-state index is 11.4. The molecule has 0 spiro atoms. The molecular weight excluding hydrogens is 825 g/mol. The first kappa shape index (κ1) is 44.6. The number of pyridine rings is 1. The second-order valence-electron chi connectivity index (χ2n) is 23.0. The van der Waals surface area contributed by atoms with Crippen molar-refractivity contribution in [3.05, 3.63) is 186 Å². The quantitative estimate of drug-likeness (QED) is 0.173. The van der Waals surface area contributed by atoms with Gasteiger partial charge in [-0.3, -0.25) is 0 Å². The average molecular weight is 887 g/mol. The van der Waals surface area contributed by atoms with Crippen molar-refractivity contribution in [2.45, 2.75) is 105 Å². The number of aromatic nitrogens is 3. The first-order valence-electron chi connectivity index (χ1n) is 24.1. The molecule has 0 N–H and O–H groups in total. The molecule has 0 aliphatic heterocycles. The van der Waals surface area contributed by atoms with Gasteiger partial charge in [0.05, 0.1) is 56.5 Å². The van der Waals surface area contributed by atoms with Crippen LogP contribution < -0.4 is 0 Å². The summed E-state index contributed by atoms with van der Waals surface area (Å²) in [6.07, 6.45) is 0. The van der Waals surface area contributed by atoms with E-state index in [0.29, 0.717) is 5.56 Å². The van der Waals surface area contributed by atoms with E-state index in [4.69, 9.17) is 4.98 Å². The van der Waals surface area contributed by atoms with Crippen LogP contribution in [0.25, 0.3) is 88.6 Å². The molecule has 0 radical (unpaired) electrons. The third kappa shape index (κ3) is 7.78.